The molecule has 0 fully saturated rings. The number of pyridine rings is 1. The summed E-state index contributed by atoms with van der Waals surface area (Å²) >= 11 is 0. The van der Waals surface area contributed by atoms with E-state index in [1.165, 1.54) is 10.1 Å². The van der Waals surface area contributed by atoms with E-state index in [2.05, 4.69) is 37.4 Å². The van der Waals surface area contributed by atoms with Crippen LogP contribution in [0.1, 0.15) is 23.6 Å². The molecule has 0 spiro atoms. The molecule has 0 aliphatic heterocycles. The third-order valence-electron chi connectivity index (χ3n) is 5.26. The van der Waals surface area contributed by atoms with Crippen LogP contribution in [-0.4, -0.2) is 15.0 Å². The standard InChI is InChI=1S/C25H25N3O2/c1-3-19-7-5-9-22(15-19)26-23(29)17-28-13-11-21-10-12-27(24(21)25(28)30)16-20-8-4-6-18(2)14-20/h4-15H,3,16-17H2,1-2H3,(H,26,29). The third-order valence-corrected chi connectivity index (χ3v) is 5.26. The number of amides is 1. The zero-order valence-electron chi connectivity index (χ0n) is 17.3. The van der Waals surface area contributed by atoms with Crippen LogP contribution in [0, 0.1) is 6.92 Å². The molecule has 0 unspecified atom stereocenters. The van der Waals surface area contributed by atoms with Crippen molar-refractivity contribution in [1.29, 1.82) is 0 Å². The summed E-state index contributed by atoms with van der Waals surface area (Å²) in [7, 11) is 0. The second-order valence-electron chi connectivity index (χ2n) is 7.59. The van der Waals surface area contributed by atoms with Crippen molar-refractivity contribution < 1.29 is 4.79 Å². The van der Waals surface area contributed by atoms with Crippen LogP contribution < -0.4 is 10.9 Å². The average Bonchev–Trinajstić information content (AvgIpc) is 3.13. The lowest BCUT2D eigenvalue weighted by Crippen LogP contribution is -2.28. The topological polar surface area (TPSA) is 56.0 Å². The van der Waals surface area contributed by atoms with Gasteiger partial charge in [-0.25, -0.2) is 0 Å². The van der Waals surface area contributed by atoms with E-state index in [0.29, 0.717) is 12.1 Å². The first-order valence-corrected chi connectivity index (χ1v) is 10.2. The Bertz CT molecular complexity index is 1270. The molecular formula is C25H25N3O2. The Hall–Kier alpha value is -3.60. The van der Waals surface area contributed by atoms with Crippen molar-refractivity contribution in [3.8, 4) is 0 Å². The quantitative estimate of drug-likeness (QED) is 0.524. The van der Waals surface area contributed by atoms with E-state index in [1.54, 1.807) is 6.20 Å². The molecule has 30 heavy (non-hydrogen) atoms. The zero-order chi connectivity index (χ0) is 21.1. The molecule has 2 aromatic heterocycles. The maximum atomic E-state index is 13.1. The highest BCUT2D eigenvalue weighted by Crippen LogP contribution is 2.15. The minimum atomic E-state index is -0.221. The van der Waals surface area contributed by atoms with E-state index < -0.39 is 0 Å². The second kappa shape index (κ2) is 8.41. The molecule has 1 amide bonds. The van der Waals surface area contributed by atoms with Crippen molar-refractivity contribution >= 4 is 22.5 Å². The van der Waals surface area contributed by atoms with Crippen LogP contribution in [0.4, 0.5) is 5.69 Å². The molecule has 5 nitrogen and oxygen atoms in total. The highest BCUT2D eigenvalue weighted by Gasteiger charge is 2.11. The highest BCUT2D eigenvalue weighted by molar-refractivity contribution is 5.91. The van der Waals surface area contributed by atoms with Crippen LogP contribution in [0.5, 0.6) is 0 Å². The number of nitrogens with one attached hydrogen (secondary N) is 1. The van der Waals surface area contributed by atoms with Gasteiger partial charge in [0.25, 0.3) is 5.56 Å². The minimum absolute atomic E-state index is 0.0270. The Morgan fingerprint density at radius 1 is 0.933 bits per heavy atom. The molecule has 5 heteroatoms. The van der Waals surface area contributed by atoms with Gasteiger partial charge in [0.05, 0.1) is 0 Å². The summed E-state index contributed by atoms with van der Waals surface area (Å²) in [4.78, 5) is 25.7. The fraction of sp³-hybridized carbons (Fsp3) is 0.200. The number of carbonyl (C=O) groups is 1. The van der Waals surface area contributed by atoms with Gasteiger partial charge in [0.1, 0.15) is 12.1 Å². The molecule has 0 radical (unpaired) electrons. The van der Waals surface area contributed by atoms with Crippen LogP contribution in [0.15, 0.2) is 77.9 Å². The summed E-state index contributed by atoms with van der Waals surface area (Å²) in [5.74, 6) is -0.221. The van der Waals surface area contributed by atoms with E-state index in [0.717, 1.165) is 28.6 Å². The van der Waals surface area contributed by atoms with E-state index in [9.17, 15) is 9.59 Å². The van der Waals surface area contributed by atoms with Gasteiger partial charge in [0.2, 0.25) is 5.91 Å². The molecule has 4 rings (SSSR count). The Balaban J connectivity index is 1.58. The van der Waals surface area contributed by atoms with Gasteiger partial charge >= 0.3 is 0 Å². The van der Waals surface area contributed by atoms with Gasteiger partial charge in [0.15, 0.2) is 0 Å². The molecular weight excluding hydrogens is 374 g/mol. The summed E-state index contributed by atoms with van der Waals surface area (Å²) in [6.07, 6.45) is 4.51. The Labute approximate surface area is 175 Å². The number of nitrogens with zero attached hydrogens (tertiary/aromatic N) is 2. The largest absolute Gasteiger partial charge is 0.339 e. The van der Waals surface area contributed by atoms with Crippen molar-refractivity contribution in [3.05, 3.63) is 100 Å². The Kier molecular flexibility index (Phi) is 5.53. The number of hydrogen-bond acceptors (Lipinski definition) is 2. The first-order valence-electron chi connectivity index (χ1n) is 10.2. The van der Waals surface area contributed by atoms with Crippen LogP contribution >= 0.6 is 0 Å². The lowest BCUT2D eigenvalue weighted by atomic mass is 10.1. The third kappa shape index (κ3) is 4.20. The molecule has 1 N–H and O–H groups in total. The molecule has 4 aromatic rings. The molecule has 0 aliphatic carbocycles. The van der Waals surface area contributed by atoms with Crippen molar-refractivity contribution in [3.63, 3.8) is 0 Å². The van der Waals surface area contributed by atoms with Gasteiger partial charge in [-0.15, -0.1) is 0 Å². The number of carbonyl (C=O) groups excluding carboxylic acids is 1. The molecule has 0 aliphatic rings. The molecule has 0 atom stereocenters. The maximum Gasteiger partial charge on any atom is 0.275 e. The van der Waals surface area contributed by atoms with Crippen molar-refractivity contribution in [2.45, 2.75) is 33.4 Å². The normalized spacial score (nSPS) is 11.0. The first-order chi connectivity index (χ1) is 14.5. The number of aromatic nitrogens is 2. The Morgan fingerprint density at radius 2 is 1.67 bits per heavy atom. The predicted octanol–water partition coefficient (Wildman–Crippen LogP) is 4.36. The highest BCUT2D eigenvalue weighted by atomic mass is 16.2. The molecule has 2 aromatic carbocycles. The first kappa shape index (κ1) is 19.7. The summed E-state index contributed by atoms with van der Waals surface area (Å²) < 4.78 is 3.42. The smallest absolute Gasteiger partial charge is 0.275 e. The van der Waals surface area contributed by atoms with Crippen LogP contribution in [0.3, 0.4) is 0 Å². The van der Waals surface area contributed by atoms with Gasteiger partial charge in [-0.2, -0.15) is 0 Å². The molecule has 0 bridgehead atoms. The fourth-order valence-electron chi connectivity index (χ4n) is 3.73. The van der Waals surface area contributed by atoms with E-state index in [-0.39, 0.29) is 18.0 Å². The summed E-state index contributed by atoms with van der Waals surface area (Å²) in [6.45, 7) is 4.71. The van der Waals surface area contributed by atoms with Crippen LogP contribution in [0.2, 0.25) is 0 Å². The molecule has 0 saturated heterocycles. The van der Waals surface area contributed by atoms with Crippen LogP contribution in [0.25, 0.3) is 10.9 Å². The lowest BCUT2D eigenvalue weighted by Gasteiger charge is -2.10. The number of fused-ring (bicyclic) bond motifs is 1. The molecule has 0 saturated carbocycles. The molecule has 2 heterocycles. The predicted molar refractivity (Wildman–Crippen MR) is 121 cm³/mol. The SMILES string of the molecule is CCc1cccc(NC(=O)Cn2ccc3ccn(Cc4cccc(C)c4)c3c2=O)c1. The fourth-order valence-corrected chi connectivity index (χ4v) is 3.73. The average molecular weight is 399 g/mol. The van der Waals surface area contributed by atoms with Gasteiger partial charge in [-0.1, -0.05) is 48.9 Å². The van der Waals surface area contributed by atoms with Crippen molar-refractivity contribution in [1.82, 2.24) is 9.13 Å². The number of hydrogen-bond donors (Lipinski definition) is 1. The number of aryl methyl sites for hydroxylation is 2. The van der Waals surface area contributed by atoms with Crippen molar-refractivity contribution in [2.75, 3.05) is 5.32 Å². The minimum Gasteiger partial charge on any atom is -0.339 e. The number of benzene rings is 2. The van der Waals surface area contributed by atoms with Gasteiger partial charge < -0.3 is 14.5 Å². The Morgan fingerprint density at radius 3 is 2.43 bits per heavy atom. The zero-order valence-corrected chi connectivity index (χ0v) is 17.3. The second-order valence-corrected chi connectivity index (χ2v) is 7.59. The van der Waals surface area contributed by atoms with E-state index in [1.807, 2.05) is 53.2 Å². The lowest BCUT2D eigenvalue weighted by molar-refractivity contribution is -0.116. The summed E-state index contributed by atoms with van der Waals surface area (Å²) in [5.41, 5.74) is 4.67. The molecule has 152 valence electrons. The number of anilines is 1. The van der Waals surface area contributed by atoms with Gasteiger partial charge in [0, 0.05) is 30.0 Å². The van der Waals surface area contributed by atoms with E-state index in [4.69, 9.17) is 0 Å². The van der Waals surface area contributed by atoms with Gasteiger partial charge in [-0.05, 0) is 48.7 Å². The summed E-state index contributed by atoms with van der Waals surface area (Å²) in [6, 6.07) is 19.8. The summed E-state index contributed by atoms with van der Waals surface area (Å²) in [5, 5.41) is 3.76. The maximum absolute atomic E-state index is 13.1. The van der Waals surface area contributed by atoms with Crippen molar-refractivity contribution in [2.24, 2.45) is 0 Å². The number of rotatable bonds is 6. The van der Waals surface area contributed by atoms with E-state index >= 15 is 0 Å². The van der Waals surface area contributed by atoms with Crippen LogP contribution in [-0.2, 0) is 24.3 Å². The van der Waals surface area contributed by atoms with Gasteiger partial charge in [-0.3, -0.25) is 9.59 Å². The monoisotopic (exact) mass is 399 g/mol.